The molecular weight excluding hydrogens is 132 g/mol. The van der Waals surface area contributed by atoms with Crippen LogP contribution in [0.1, 0.15) is 17.7 Å². The average molecular weight is 140 g/mol. The molecule has 9 heavy (non-hydrogen) atoms. The maximum Gasteiger partial charge on any atom is 0.127 e. The summed E-state index contributed by atoms with van der Waals surface area (Å²) in [6.45, 7) is 1.90. The van der Waals surface area contributed by atoms with Crippen LogP contribution in [0.2, 0.25) is 0 Å². The van der Waals surface area contributed by atoms with Gasteiger partial charge in [-0.2, -0.15) is 0 Å². The third kappa shape index (κ3) is 1.39. The van der Waals surface area contributed by atoms with Gasteiger partial charge in [0.25, 0.3) is 0 Å². The van der Waals surface area contributed by atoms with Crippen LogP contribution in [0.5, 0.6) is 0 Å². The third-order valence-electron chi connectivity index (χ3n) is 1.20. The molecule has 0 spiro atoms. The Morgan fingerprint density at radius 2 is 2.56 bits per heavy atom. The molecule has 1 nitrogen and oxygen atoms in total. The minimum absolute atomic E-state index is 0.0741. The average Bonchev–Trinajstić information content (AvgIpc) is 2.37. The number of carbonyl (C=O) groups is 1. The molecule has 1 heterocycles. The van der Waals surface area contributed by atoms with Crippen LogP contribution < -0.4 is 0 Å². The Hall–Kier alpha value is -0.630. The Kier molecular flexibility index (Phi) is 2.01. The quantitative estimate of drug-likeness (QED) is 0.574. The first-order chi connectivity index (χ1) is 4.34. The molecule has 1 rings (SSSR count). The van der Waals surface area contributed by atoms with E-state index in [1.807, 2.05) is 24.4 Å². The Morgan fingerprint density at radius 3 is 3.00 bits per heavy atom. The molecule has 0 amide bonds. The summed E-state index contributed by atoms with van der Waals surface area (Å²) in [6, 6.07) is 3.93. The number of aldehydes is 1. The fourth-order valence-electron chi connectivity index (χ4n) is 0.617. The van der Waals surface area contributed by atoms with Crippen molar-refractivity contribution in [3.8, 4) is 0 Å². The van der Waals surface area contributed by atoms with Crippen molar-refractivity contribution in [2.24, 2.45) is 0 Å². The molecule has 0 unspecified atom stereocenters. The minimum Gasteiger partial charge on any atom is -0.303 e. The van der Waals surface area contributed by atoms with Gasteiger partial charge in [-0.25, -0.2) is 0 Å². The second-order valence-electron chi connectivity index (χ2n) is 1.94. The largest absolute Gasteiger partial charge is 0.303 e. The molecule has 0 bridgehead atoms. The first-order valence-electron chi connectivity index (χ1n) is 2.83. The van der Waals surface area contributed by atoms with E-state index >= 15 is 0 Å². The number of hydrogen-bond acceptors (Lipinski definition) is 2. The molecule has 0 saturated carbocycles. The van der Waals surface area contributed by atoms with Gasteiger partial charge in [-0.3, -0.25) is 0 Å². The molecule has 1 atom stereocenters. The molecule has 0 aromatic carbocycles. The van der Waals surface area contributed by atoms with E-state index in [9.17, 15) is 4.79 Å². The molecule has 0 N–H and O–H groups in total. The Balaban J connectivity index is 2.76. The predicted molar refractivity (Wildman–Crippen MR) is 38.8 cm³/mol. The number of carbonyl (C=O) groups excluding carboxylic acids is 1. The van der Waals surface area contributed by atoms with Crippen LogP contribution in [0.4, 0.5) is 0 Å². The number of rotatable bonds is 2. The van der Waals surface area contributed by atoms with E-state index in [0.717, 1.165) is 11.2 Å². The zero-order valence-electron chi connectivity index (χ0n) is 5.20. The van der Waals surface area contributed by atoms with Gasteiger partial charge in [-0.1, -0.05) is 13.0 Å². The molecular formula is C7H8OS. The zero-order chi connectivity index (χ0) is 6.69. The number of hydrogen-bond donors (Lipinski definition) is 0. The van der Waals surface area contributed by atoms with Crippen LogP contribution in [0.3, 0.4) is 0 Å². The molecule has 1 aromatic heterocycles. The van der Waals surface area contributed by atoms with Gasteiger partial charge >= 0.3 is 0 Å². The fourth-order valence-corrected chi connectivity index (χ4v) is 1.36. The van der Waals surface area contributed by atoms with Crippen molar-refractivity contribution < 1.29 is 4.79 Å². The van der Waals surface area contributed by atoms with Crippen LogP contribution in [0.15, 0.2) is 17.5 Å². The van der Waals surface area contributed by atoms with Crippen molar-refractivity contribution in [3.05, 3.63) is 22.4 Å². The van der Waals surface area contributed by atoms with Gasteiger partial charge in [0.1, 0.15) is 6.29 Å². The highest BCUT2D eigenvalue weighted by Gasteiger charge is 2.01. The van der Waals surface area contributed by atoms with E-state index in [2.05, 4.69) is 0 Å². The van der Waals surface area contributed by atoms with Crippen LogP contribution in [-0.2, 0) is 4.79 Å². The van der Waals surface area contributed by atoms with Crippen molar-refractivity contribution in [1.82, 2.24) is 0 Å². The minimum atomic E-state index is 0.0741. The summed E-state index contributed by atoms with van der Waals surface area (Å²) < 4.78 is 0. The van der Waals surface area contributed by atoms with Gasteiger partial charge < -0.3 is 4.79 Å². The molecule has 0 fully saturated rings. The van der Waals surface area contributed by atoms with E-state index in [0.29, 0.717) is 0 Å². The topological polar surface area (TPSA) is 17.1 Å². The highest BCUT2D eigenvalue weighted by Crippen LogP contribution is 2.17. The summed E-state index contributed by atoms with van der Waals surface area (Å²) in [5.74, 6) is 0.0741. The molecule has 0 radical (unpaired) electrons. The molecule has 2 heteroatoms. The van der Waals surface area contributed by atoms with Crippen LogP contribution in [0.25, 0.3) is 0 Å². The smallest absolute Gasteiger partial charge is 0.127 e. The lowest BCUT2D eigenvalue weighted by molar-refractivity contribution is -0.108. The summed E-state index contributed by atoms with van der Waals surface area (Å²) in [6.07, 6.45) is 0.964. The monoisotopic (exact) mass is 140 g/mol. The zero-order valence-corrected chi connectivity index (χ0v) is 6.02. The molecule has 48 valence electrons. The SMILES string of the molecule is C[C@H](C=O)c1cccs1. The first kappa shape index (κ1) is 6.49. The standard InChI is InChI=1S/C7H8OS/c1-6(5-8)7-3-2-4-9-7/h2-6H,1H3/t6-/m1/s1. The third-order valence-corrected chi connectivity index (χ3v) is 2.27. The van der Waals surface area contributed by atoms with Gasteiger partial charge in [-0.05, 0) is 11.4 Å². The van der Waals surface area contributed by atoms with Gasteiger partial charge in [0.05, 0.1) is 0 Å². The fraction of sp³-hybridized carbons (Fsp3) is 0.286. The van der Waals surface area contributed by atoms with Crippen LogP contribution in [-0.4, -0.2) is 6.29 Å². The van der Waals surface area contributed by atoms with Crippen molar-refractivity contribution in [2.75, 3.05) is 0 Å². The van der Waals surface area contributed by atoms with E-state index in [1.54, 1.807) is 11.3 Å². The maximum absolute atomic E-state index is 10.2. The summed E-state index contributed by atoms with van der Waals surface area (Å²) >= 11 is 1.62. The molecule has 1 aromatic rings. The van der Waals surface area contributed by atoms with E-state index in [-0.39, 0.29) is 5.92 Å². The predicted octanol–water partition coefficient (Wildman–Crippen LogP) is 2.05. The van der Waals surface area contributed by atoms with E-state index < -0.39 is 0 Å². The van der Waals surface area contributed by atoms with Crippen LogP contribution in [0, 0.1) is 0 Å². The first-order valence-corrected chi connectivity index (χ1v) is 3.71. The second-order valence-corrected chi connectivity index (χ2v) is 2.92. The lowest BCUT2D eigenvalue weighted by Crippen LogP contribution is -1.88. The summed E-state index contributed by atoms with van der Waals surface area (Å²) in [5.41, 5.74) is 0. The second kappa shape index (κ2) is 2.78. The van der Waals surface area contributed by atoms with Crippen molar-refractivity contribution >= 4 is 17.6 Å². The highest BCUT2D eigenvalue weighted by atomic mass is 32.1. The highest BCUT2D eigenvalue weighted by molar-refractivity contribution is 7.10. The number of thiophene rings is 1. The lowest BCUT2D eigenvalue weighted by Gasteiger charge is -1.94. The summed E-state index contributed by atoms with van der Waals surface area (Å²) in [4.78, 5) is 11.4. The Morgan fingerprint density at radius 1 is 1.78 bits per heavy atom. The maximum atomic E-state index is 10.2. The van der Waals surface area contributed by atoms with Gasteiger partial charge in [0.15, 0.2) is 0 Å². The Bertz CT molecular complexity index is 179. The van der Waals surface area contributed by atoms with E-state index in [1.165, 1.54) is 0 Å². The van der Waals surface area contributed by atoms with Crippen LogP contribution >= 0.6 is 11.3 Å². The van der Waals surface area contributed by atoms with Gasteiger partial charge in [0.2, 0.25) is 0 Å². The normalized spacial score (nSPS) is 13.0. The summed E-state index contributed by atoms with van der Waals surface area (Å²) in [5, 5.41) is 1.98. The van der Waals surface area contributed by atoms with Crippen molar-refractivity contribution in [3.63, 3.8) is 0 Å². The van der Waals surface area contributed by atoms with Gasteiger partial charge in [-0.15, -0.1) is 11.3 Å². The van der Waals surface area contributed by atoms with Crippen molar-refractivity contribution in [1.29, 1.82) is 0 Å². The van der Waals surface area contributed by atoms with Crippen molar-refractivity contribution in [2.45, 2.75) is 12.8 Å². The Labute approximate surface area is 58.3 Å². The summed E-state index contributed by atoms with van der Waals surface area (Å²) in [7, 11) is 0. The molecule has 0 aliphatic rings. The molecule has 0 saturated heterocycles. The molecule has 0 aliphatic heterocycles. The lowest BCUT2D eigenvalue weighted by atomic mass is 10.2. The van der Waals surface area contributed by atoms with Gasteiger partial charge in [0, 0.05) is 10.8 Å². The van der Waals surface area contributed by atoms with E-state index in [4.69, 9.17) is 0 Å². The molecule has 0 aliphatic carbocycles.